The topological polar surface area (TPSA) is 57.8 Å². The van der Waals surface area contributed by atoms with Gasteiger partial charge >= 0.3 is 6.18 Å². The number of rotatable bonds is 3. The molecule has 0 saturated carbocycles. The van der Waals surface area contributed by atoms with E-state index >= 15 is 0 Å². The Morgan fingerprint density at radius 1 is 1.29 bits per heavy atom. The fraction of sp³-hybridized carbons (Fsp3) is 0.286. The van der Waals surface area contributed by atoms with Crippen molar-refractivity contribution in [2.45, 2.75) is 26.4 Å². The molecule has 0 radical (unpaired) electrons. The Bertz CT molecular complexity index is 642. The number of amides is 1. The zero-order valence-corrected chi connectivity index (χ0v) is 11.5. The summed E-state index contributed by atoms with van der Waals surface area (Å²) in [5, 5.41) is 8.99. The number of alkyl halides is 3. The van der Waals surface area contributed by atoms with E-state index in [0.29, 0.717) is 11.3 Å². The molecule has 0 aliphatic rings. The molecule has 0 saturated heterocycles. The minimum Gasteiger partial charge on any atom is -0.325 e. The summed E-state index contributed by atoms with van der Waals surface area (Å²) in [7, 11) is 0. The van der Waals surface area contributed by atoms with Crippen LogP contribution in [0.1, 0.15) is 22.5 Å². The molecule has 2 N–H and O–H groups in total. The Morgan fingerprint density at radius 2 is 1.95 bits per heavy atom. The summed E-state index contributed by atoms with van der Waals surface area (Å²) in [5.41, 5.74) is 0.975. The summed E-state index contributed by atoms with van der Waals surface area (Å²) in [6, 6.07) is 4.89. The van der Waals surface area contributed by atoms with Crippen molar-refractivity contribution in [2.75, 3.05) is 5.32 Å². The molecule has 2 aromatic rings. The van der Waals surface area contributed by atoms with E-state index in [0.717, 1.165) is 11.8 Å². The number of hydrogen-bond donors (Lipinski definition) is 2. The van der Waals surface area contributed by atoms with Crippen LogP contribution in [0.5, 0.6) is 0 Å². The van der Waals surface area contributed by atoms with Crippen molar-refractivity contribution in [2.24, 2.45) is 0 Å². The van der Waals surface area contributed by atoms with Gasteiger partial charge in [-0.05, 0) is 26.0 Å². The number of nitrogens with zero attached hydrogens (tertiary/aromatic N) is 1. The van der Waals surface area contributed by atoms with Gasteiger partial charge in [-0.3, -0.25) is 9.89 Å². The maximum Gasteiger partial charge on any atom is 0.418 e. The van der Waals surface area contributed by atoms with Gasteiger partial charge < -0.3 is 5.32 Å². The highest BCUT2D eigenvalue weighted by Gasteiger charge is 2.33. The van der Waals surface area contributed by atoms with Crippen LogP contribution < -0.4 is 5.32 Å². The van der Waals surface area contributed by atoms with Crippen molar-refractivity contribution in [3.63, 3.8) is 0 Å². The number of carbonyl (C=O) groups is 1. The predicted molar refractivity (Wildman–Crippen MR) is 71.8 cm³/mol. The van der Waals surface area contributed by atoms with Crippen LogP contribution in [0.25, 0.3) is 0 Å². The van der Waals surface area contributed by atoms with Crippen molar-refractivity contribution >= 4 is 11.6 Å². The van der Waals surface area contributed by atoms with Crippen LogP contribution in [0.3, 0.4) is 0 Å². The zero-order valence-electron chi connectivity index (χ0n) is 11.5. The van der Waals surface area contributed by atoms with Gasteiger partial charge in [-0.15, -0.1) is 0 Å². The molecule has 7 heteroatoms. The fourth-order valence-corrected chi connectivity index (χ4v) is 2.03. The molecule has 0 aliphatic heterocycles. The number of carbonyl (C=O) groups excluding carboxylic acids is 1. The summed E-state index contributed by atoms with van der Waals surface area (Å²) in [4.78, 5) is 11.9. The summed E-state index contributed by atoms with van der Waals surface area (Å²) in [6.07, 6.45) is -4.54. The first-order chi connectivity index (χ1) is 9.79. The third-order valence-electron chi connectivity index (χ3n) is 3.12. The van der Waals surface area contributed by atoms with Gasteiger partial charge in [-0.1, -0.05) is 12.1 Å². The normalized spacial score (nSPS) is 11.5. The average Bonchev–Trinajstić information content (AvgIpc) is 2.70. The van der Waals surface area contributed by atoms with E-state index in [2.05, 4.69) is 15.5 Å². The van der Waals surface area contributed by atoms with E-state index in [1.54, 1.807) is 13.8 Å². The van der Waals surface area contributed by atoms with Gasteiger partial charge in [0.2, 0.25) is 5.91 Å². The van der Waals surface area contributed by atoms with Crippen LogP contribution in [0.15, 0.2) is 24.3 Å². The highest BCUT2D eigenvalue weighted by molar-refractivity contribution is 5.93. The third-order valence-corrected chi connectivity index (χ3v) is 3.12. The van der Waals surface area contributed by atoms with Crippen LogP contribution in [0, 0.1) is 13.8 Å². The standard InChI is InChI=1S/C14H14F3N3O/c1-8-10(9(2)20-19-8)7-13(21)18-12-6-4-3-5-11(12)14(15,16)17/h3-6H,7H2,1-2H3,(H,18,21)(H,19,20). The molecule has 112 valence electrons. The van der Waals surface area contributed by atoms with E-state index in [9.17, 15) is 18.0 Å². The molecule has 0 bridgehead atoms. The highest BCUT2D eigenvalue weighted by atomic mass is 19.4. The number of halogens is 3. The lowest BCUT2D eigenvalue weighted by Crippen LogP contribution is -2.18. The Morgan fingerprint density at radius 3 is 2.52 bits per heavy atom. The van der Waals surface area contributed by atoms with Gasteiger partial charge in [-0.2, -0.15) is 18.3 Å². The number of para-hydroxylation sites is 1. The summed E-state index contributed by atoms with van der Waals surface area (Å²) in [5.74, 6) is -0.515. The monoisotopic (exact) mass is 297 g/mol. The Hall–Kier alpha value is -2.31. The second kappa shape index (κ2) is 5.59. The number of anilines is 1. The number of hydrogen-bond acceptors (Lipinski definition) is 2. The number of aryl methyl sites for hydroxylation is 2. The fourth-order valence-electron chi connectivity index (χ4n) is 2.03. The minimum atomic E-state index is -4.51. The molecule has 0 fully saturated rings. The molecular weight excluding hydrogens is 283 g/mol. The first kappa shape index (κ1) is 15.1. The first-order valence-electron chi connectivity index (χ1n) is 6.25. The van der Waals surface area contributed by atoms with Crippen molar-refractivity contribution in [3.05, 3.63) is 46.8 Å². The van der Waals surface area contributed by atoms with Gasteiger partial charge in [0.05, 0.1) is 23.4 Å². The SMILES string of the molecule is Cc1n[nH]c(C)c1CC(=O)Nc1ccccc1C(F)(F)F. The number of nitrogens with one attached hydrogen (secondary N) is 2. The Kier molecular flexibility index (Phi) is 4.02. The third kappa shape index (κ3) is 3.42. The highest BCUT2D eigenvalue weighted by Crippen LogP contribution is 2.34. The number of benzene rings is 1. The largest absolute Gasteiger partial charge is 0.418 e. The van der Waals surface area contributed by atoms with Crippen LogP contribution in [-0.4, -0.2) is 16.1 Å². The quantitative estimate of drug-likeness (QED) is 0.914. The maximum absolute atomic E-state index is 12.8. The zero-order chi connectivity index (χ0) is 15.6. The first-order valence-corrected chi connectivity index (χ1v) is 6.25. The van der Waals surface area contributed by atoms with E-state index in [-0.39, 0.29) is 12.1 Å². The van der Waals surface area contributed by atoms with Gasteiger partial charge in [0.1, 0.15) is 0 Å². The second-order valence-electron chi connectivity index (χ2n) is 4.68. The van der Waals surface area contributed by atoms with Crippen molar-refractivity contribution in [1.82, 2.24) is 10.2 Å². The predicted octanol–water partition coefficient (Wildman–Crippen LogP) is 3.23. The molecule has 1 aromatic heterocycles. The molecular formula is C14H14F3N3O. The summed E-state index contributed by atoms with van der Waals surface area (Å²) in [6.45, 7) is 3.49. The van der Waals surface area contributed by atoms with Crippen LogP contribution in [0.2, 0.25) is 0 Å². The molecule has 1 amide bonds. The molecule has 1 aromatic carbocycles. The summed E-state index contributed by atoms with van der Waals surface area (Å²) >= 11 is 0. The van der Waals surface area contributed by atoms with Gasteiger partial charge in [0.25, 0.3) is 0 Å². The molecule has 0 atom stereocenters. The second-order valence-corrected chi connectivity index (χ2v) is 4.68. The lowest BCUT2D eigenvalue weighted by molar-refractivity contribution is -0.137. The van der Waals surface area contributed by atoms with E-state index in [1.165, 1.54) is 18.2 Å². The van der Waals surface area contributed by atoms with E-state index in [1.807, 2.05) is 0 Å². The molecule has 0 spiro atoms. The molecule has 2 rings (SSSR count). The maximum atomic E-state index is 12.8. The van der Waals surface area contributed by atoms with Crippen LogP contribution >= 0.6 is 0 Å². The van der Waals surface area contributed by atoms with Gasteiger partial charge in [-0.25, -0.2) is 0 Å². The van der Waals surface area contributed by atoms with Crippen LogP contribution in [-0.2, 0) is 17.4 Å². The summed E-state index contributed by atoms with van der Waals surface area (Å²) < 4.78 is 38.5. The van der Waals surface area contributed by atoms with Gasteiger partial charge in [0.15, 0.2) is 0 Å². The minimum absolute atomic E-state index is 0.0274. The van der Waals surface area contributed by atoms with Crippen LogP contribution in [0.4, 0.5) is 18.9 Å². The van der Waals surface area contributed by atoms with Crippen molar-refractivity contribution < 1.29 is 18.0 Å². The lowest BCUT2D eigenvalue weighted by atomic mass is 10.1. The van der Waals surface area contributed by atoms with Crippen molar-refractivity contribution in [1.29, 1.82) is 0 Å². The molecule has 21 heavy (non-hydrogen) atoms. The molecule has 0 aliphatic carbocycles. The van der Waals surface area contributed by atoms with E-state index < -0.39 is 17.6 Å². The number of H-pyrrole nitrogens is 1. The number of aromatic nitrogens is 2. The van der Waals surface area contributed by atoms with Gasteiger partial charge in [0, 0.05) is 11.3 Å². The van der Waals surface area contributed by atoms with E-state index in [4.69, 9.17) is 0 Å². The Labute approximate surface area is 119 Å². The molecule has 0 unspecified atom stereocenters. The molecule has 4 nitrogen and oxygen atoms in total. The van der Waals surface area contributed by atoms with Crippen molar-refractivity contribution in [3.8, 4) is 0 Å². The number of aromatic amines is 1. The lowest BCUT2D eigenvalue weighted by Gasteiger charge is -2.13. The Balaban J connectivity index is 2.18. The molecule has 1 heterocycles. The average molecular weight is 297 g/mol. The smallest absolute Gasteiger partial charge is 0.325 e.